The van der Waals surface area contributed by atoms with E-state index in [4.69, 9.17) is 0 Å². The Balaban J connectivity index is 0.000000340. The highest BCUT2D eigenvalue weighted by molar-refractivity contribution is 5.58. The topological polar surface area (TPSA) is 80.9 Å². The van der Waals surface area contributed by atoms with Crippen LogP contribution < -0.4 is 0 Å². The minimum atomic E-state index is -6.00. The molecule has 4 aromatic carbocycles. The Kier molecular flexibility index (Phi) is 15.9. The maximum absolute atomic E-state index is 12.9. The fourth-order valence-corrected chi connectivity index (χ4v) is 7.65. The number of phenols is 2. The Hall–Kier alpha value is -5.14. The first-order valence-corrected chi connectivity index (χ1v) is 20.0. The van der Waals surface area contributed by atoms with E-state index >= 15 is 0 Å². The Morgan fingerprint density at radius 3 is 1.12 bits per heavy atom. The third kappa shape index (κ3) is 10.4. The van der Waals surface area contributed by atoms with Gasteiger partial charge in [-0.05, 0) is 134 Å². The Morgan fingerprint density at radius 2 is 0.812 bits per heavy atom. The van der Waals surface area contributed by atoms with Crippen molar-refractivity contribution in [2.24, 2.45) is 0 Å². The van der Waals surface area contributed by atoms with Gasteiger partial charge in [-0.1, -0.05) is 94.3 Å². The zero-order chi connectivity index (χ0) is 49.1. The van der Waals surface area contributed by atoms with E-state index < -0.39 is 46.7 Å². The molecule has 0 fully saturated rings. The summed E-state index contributed by atoms with van der Waals surface area (Å²) >= 11 is 0. The summed E-state index contributed by atoms with van der Waals surface area (Å²) in [6.07, 6.45) is -20.7. The largest absolute Gasteiger partial charge is 0.508 e. The lowest BCUT2D eigenvalue weighted by atomic mass is 9.70. The summed E-state index contributed by atoms with van der Waals surface area (Å²) < 4.78 is 155. The fraction of sp³-hybridized carbons (Fsp3) is 0.417. The molecule has 0 aliphatic heterocycles. The van der Waals surface area contributed by atoms with Gasteiger partial charge in [0, 0.05) is 16.4 Å². The first kappa shape index (κ1) is 53.2. The summed E-state index contributed by atoms with van der Waals surface area (Å²) in [6.45, 7) is 14.6. The number of rotatable bonds is 10. The highest BCUT2D eigenvalue weighted by Gasteiger charge is 2.70. The fourth-order valence-electron chi connectivity index (χ4n) is 7.65. The molecule has 0 unspecified atom stereocenters. The number of benzene rings is 4. The van der Waals surface area contributed by atoms with Crippen LogP contribution in [0.1, 0.15) is 109 Å². The minimum Gasteiger partial charge on any atom is -0.508 e. The first-order chi connectivity index (χ1) is 29.3. The molecule has 0 aliphatic rings. The highest BCUT2D eigenvalue weighted by Crippen LogP contribution is 2.46. The monoisotopic (exact) mass is 918 g/mol. The van der Waals surface area contributed by atoms with Crippen LogP contribution in [0.3, 0.4) is 0 Å². The van der Waals surface area contributed by atoms with E-state index in [1.807, 2.05) is 51.8 Å². The molecule has 0 radical (unpaired) electrons. The van der Waals surface area contributed by atoms with E-state index in [1.165, 1.54) is 19.1 Å². The smallest absolute Gasteiger partial charge is 0.438 e. The quantitative estimate of drug-likeness (QED) is 0.0944. The van der Waals surface area contributed by atoms with Crippen molar-refractivity contribution in [2.45, 2.75) is 128 Å². The second-order valence-corrected chi connectivity index (χ2v) is 15.7. The van der Waals surface area contributed by atoms with Crippen LogP contribution in [-0.2, 0) is 10.8 Å². The van der Waals surface area contributed by atoms with Gasteiger partial charge >= 0.3 is 30.3 Å². The molecule has 0 spiro atoms. The third-order valence-corrected chi connectivity index (χ3v) is 12.1. The lowest BCUT2D eigenvalue weighted by Gasteiger charge is -2.34. The normalized spacial score (nSPS) is 13.3. The summed E-state index contributed by atoms with van der Waals surface area (Å²) in [4.78, 5) is 0. The zero-order valence-corrected chi connectivity index (χ0v) is 36.2. The van der Waals surface area contributed by atoms with Gasteiger partial charge in [0.2, 0.25) is 0 Å². The van der Waals surface area contributed by atoms with Gasteiger partial charge in [-0.15, -0.1) is 0 Å². The van der Waals surface area contributed by atoms with Crippen LogP contribution >= 0.6 is 0 Å². The molecule has 64 heavy (non-hydrogen) atoms. The Morgan fingerprint density at radius 1 is 0.469 bits per heavy atom. The molecule has 0 amide bonds. The number of aliphatic hydroxyl groups is 2. The maximum atomic E-state index is 12.9. The number of hydrogen-bond acceptors (Lipinski definition) is 4. The number of aromatic hydroxyl groups is 2. The molecule has 4 aromatic rings. The van der Waals surface area contributed by atoms with E-state index in [2.05, 4.69) is 0 Å². The first-order valence-electron chi connectivity index (χ1n) is 20.0. The lowest BCUT2D eigenvalue weighted by Crippen LogP contribution is -2.55. The molecule has 0 saturated heterocycles. The van der Waals surface area contributed by atoms with Crippen molar-refractivity contribution >= 4 is 6.08 Å². The molecular formula is C48H50F12O4. The van der Waals surface area contributed by atoms with Gasteiger partial charge in [-0.3, -0.25) is 0 Å². The number of alkyl halides is 12. The highest BCUT2D eigenvalue weighted by atomic mass is 19.4. The number of hydrogen-bond donors (Lipinski definition) is 4. The summed E-state index contributed by atoms with van der Waals surface area (Å²) in [7, 11) is 0. The van der Waals surface area contributed by atoms with E-state index in [9.17, 15) is 73.1 Å². The summed E-state index contributed by atoms with van der Waals surface area (Å²) in [5.41, 5.74) is -5.14. The van der Waals surface area contributed by atoms with Gasteiger partial charge in [0.15, 0.2) is 0 Å². The van der Waals surface area contributed by atoms with Gasteiger partial charge in [0.1, 0.15) is 11.5 Å². The molecule has 16 heteroatoms. The van der Waals surface area contributed by atoms with E-state index in [1.54, 1.807) is 63.2 Å². The van der Waals surface area contributed by atoms with Crippen LogP contribution in [0, 0.1) is 39.5 Å². The van der Waals surface area contributed by atoms with E-state index in [0.29, 0.717) is 54.0 Å². The van der Waals surface area contributed by atoms with Gasteiger partial charge in [0.05, 0.1) is 0 Å². The number of halogens is 12. The molecule has 0 aliphatic carbocycles. The van der Waals surface area contributed by atoms with Crippen molar-refractivity contribution < 1.29 is 73.1 Å². The van der Waals surface area contributed by atoms with Crippen LogP contribution in [0.15, 0.2) is 78.9 Å². The zero-order valence-electron chi connectivity index (χ0n) is 36.2. The summed E-state index contributed by atoms with van der Waals surface area (Å²) in [6, 6.07) is 20.0. The molecule has 4 nitrogen and oxygen atoms in total. The standard InChI is InChI=1S/C24H26F6O2.C24H24F6O2/c2*1-5-21(6-2,19-9-10-20(31)16(4)14-19)18-8-7-17(15(3)13-18)11-12-22(32,23(25,26)27)24(28,29)30/h7-14,31-32H,5-6H2,1-4H3;7-10,13-14,31-32H,5-6H2,1-4H3/b12-11+;. The van der Waals surface area contributed by atoms with E-state index in [0.717, 1.165) is 28.2 Å². The van der Waals surface area contributed by atoms with Crippen LogP contribution in [0.2, 0.25) is 0 Å². The van der Waals surface area contributed by atoms with Crippen molar-refractivity contribution in [1.29, 1.82) is 0 Å². The van der Waals surface area contributed by atoms with Gasteiger partial charge in [-0.2, -0.15) is 52.7 Å². The van der Waals surface area contributed by atoms with Gasteiger partial charge in [-0.25, -0.2) is 0 Å². The average molecular weight is 919 g/mol. The van der Waals surface area contributed by atoms with Crippen molar-refractivity contribution in [2.75, 3.05) is 0 Å². The SMILES string of the molecule is CCC(CC)(c1ccc(O)c(C)c1)c1ccc(/C=C/C(O)(C(F)(F)F)C(F)(F)F)c(C)c1.CCC(CC)(c1ccc(O)c(C)c1)c1ccc(C#CC(O)(C(F)(F)F)C(F)(F)F)c(C)c1. The van der Waals surface area contributed by atoms with Gasteiger partial charge < -0.3 is 20.4 Å². The molecule has 4 rings (SSSR count). The van der Waals surface area contributed by atoms with Crippen LogP contribution in [0.5, 0.6) is 11.5 Å². The van der Waals surface area contributed by atoms with Crippen molar-refractivity contribution in [3.63, 3.8) is 0 Å². The summed E-state index contributed by atoms with van der Waals surface area (Å²) in [5, 5.41) is 38.3. The minimum absolute atomic E-state index is 0.0522. The molecule has 0 aromatic heterocycles. The Bertz CT molecular complexity index is 2320. The second-order valence-electron chi connectivity index (χ2n) is 15.7. The van der Waals surface area contributed by atoms with Crippen LogP contribution in [-0.4, -0.2) is 56.3 Å². The average Bonchev–Trinajstić information content (AvgIpc) is 3.19. The molecule has 350 valence electrons. The van der Waals surface area contributed by atoms with Crippen LogP contribution in [0.25, 0.3) is 6.08 Å². The lowest BCUT2D eigenvalue weighted by molar-refractivity contribution is -0.347. The molecule has 0 atom stereocenters. The molecular weight excluding hydrogens is 868 g/mol. The third-order valence-electron chi connectivity index (χ3n) is 12.1. The second kappa shape index (κ2) is 19.1. The van der Waals surface area contributed by atoms with Crippen molar-refractivity contribution in [1.82, 2.24) is 0 Å². The molecule has 0 heterocycles. The maximum Gasteiger partial charge on any atom is 0.438 e. The van der Waals surface area contributed by atoms with Crippen LogP contribution in [0.4, 0.5) is 52.7 Å². The Labute approximate surface area is 364 Å². The van der Waals surface area contributed by atoms with Crippen molar-refractivity contribution in [3.05, 3.63) is 135 Å². The van der Waals surface area contributed by atoms with E-state index in [-0.39, 0.29) is 28.7 Å². The number of aryl methyl sites for hydroxylation is 4. The van der Waals surface area contributed by atoms with Crippen molar-refractivity contribution in [3.8, 4) is 23.3 Å². The molecule has 4 N–H and O–H groups in total. The predicted octanol–water partition coefficient (Wildman–Crippen LogP) is 13.3. The molecule has 0 bridgehead atoms. The van der Waals surface area contributed by atoms with Gasteiger partial charge in [0.25, 0.3) is 5.60 Å². The molecule has 0 saturated carbocycles. The predicted molar refractivity (Wildman–Crippen MR) is 221 cm³/mol. The number of phenolic OH excluding ortho intramolecular Hbond substituents is 2. The summed E-state index contributed by atoms with van der Waals surface area (Å²) in [5.74, 6) is 3.17.